The molecule has 1 aromatic carbocycles. The molecule has 4 heteroatoms. The van der Waals surface area contributed by atoms with Crippen LogP contribution in [0.4, 0.5) is 0 Å². The summed E-state index contributed by atoms with van der Waals surface area (Å²) in [6.07, 6.45) is 4.72. The molecule has 122 valence electrons. The number of halogens is 1. The van der Waals surface area contributed by atoms with Gasteiger partial charge in [0.25, 0.3) is 0 Å². The Morgan fingerprint density at radius 2 is 2.00 bits per heavy atom. The van der Waals surface area contributed by atoms with Crippen molar-refractivity contribution in [2.24, 2.45) is 5.92 Å². The zero-order valence-electron chi connectivity index (χ0n) is 13.3. The maximum absolute atomic E-state index is 12.2. The minimum Gasteiger partial charge on any atom is -0.381 e. The highest BCUT2D eigenvalue weighted by atomic mass is 35.5. The molecule has 1 aliphatic heterocycles. The summed E-state index contributed by atoms with van der Waals surface area (Å²) in [7, 11) is 0. The minimum absolute atomic E-state index is 0.0917. The molecule has 1 N–H and O–H groups in total. The van der Waals surface area contributed by atoms with Gasteiger partial charge in [0.15, 0.2) is 0 Å². The van der Waals surface area contributed by atoms with Crippen LogP contribution in [0.1, 0.15) is 38.2 Å². The van der Waals surface area contributed by atoms with Crippen molar-refractivity contribution in [3.8, 4) is 0 Å². The molecule has 1 fully saturated rings. The average Bonchev–Trinajstić information content (AvgIpc) is 2.56. The fraction of sp³-hybridized carbons (Fsp3) is 0.611. The van der Waals surface area contributed by atoms with Gasteiger partial charge in [-0.3, -0.25) is 4.79 Å². The van der Waals surface area contributed by atoms with E-state index in [1.165, 1.54) is 0 Å². The standard InChI is InChI=1S/C18H26ClNO2/c1-2-18(21)17(13-15-3-5-16(19)6-4-15)20-10-7-14-8-11-22-12-9-14/h3-6,14,17,20H,2,7-13H2,1H3/t17-/m1/s1. The number of benzene rings is 1. The van der Waals surface area contributed by atoms with Gasteiger partial charge < -0.3 is 10.1 Å². The van der Waals surface area contributed by atoms with E-state index in [2.05, 4.69) is 5.32 Å². The van der Waals surface area contributed by atoms with E-state index in [-0.39, 0.29) is 11.8 Å². The summed E-state index contributed by atoms with van der Waals surface area (Å²) in [5.41, 5.74) is 1.15. The maximum Gasteiger partial charge on any atom is 0.149 e. The second kappa shape index (κ2) is 9.29. The molecule has 0 radical (unpaired) electrons. The third-order valence-corrected chi connectivity index (χ3v) is 4.63. The van der Waals surface area contributed by atoms with Crippen molar-refractivity contribution in [1.82, 2.24) is 5.32 Å². The first kappa shape index (κ1) is 17.5. The smallest absolute Gasteiger partial charge is 0.149 e. The van der Waals surface area contributed by atoms with Gasteiger partial charge in [-0.25, -0.2) is 0 Å². The number of rotatable bonds is 8. The van der Waals surface area contributed by atoms with Crippen molar-refractivity contribution in [2.75, 3.05) is 19.8 Å². The van der Waals surface area contributed by atoms with Crippen molar-refractivity contribution in [1.29, 1.82) is 0 Å². The summed E-state index contributed by atoms with van der Waals surface area (Å²) in [6.45, 7) is 4.59. The SMILES string of the molecule is CCC(=O)[C@@H](Cc1ccc(Cl)cc1)NCCC1CCOCC1. The summed E-state index contributed by atoms with van der Waals surface area (Å²) in [6, 6.07) is 7.67. The predicted octanol–water partition coefficient (Wildman–Crippen LogP) is 3.64. The summed E-state index contributed by atoms with van der Waals surface area (Å²) < 4.78 is 5.39. The largest absolute Gasteiger partial charge is 0.381 e. The maximum atomic E-state index is 12.2. The van der Waals surface area contributed by atoms with E-state index in [0.29, 0.717) is 6.42 Å². The van der Waals surface area contributed by atoms with E-state index in [0.717, 1.165) is 61.9 Å². The van der Waals surface area contributed by atoms with E-state index in [9.17, 15) is 4.79 Å². The summed E-state index contributed by atoms with van der Waals surface area (Å²) in [5, 5.41) is 4.19. The van der Waals surface area contributed by atoms with Gasteiger partial charge in [0.1, 0.15) is 5.78 Å². The number of hydrogen-bond donors (Lipinski definition) is 1. The molecule has 0 bridgehead atoms. The molecule has 1 aromatic rings. The van der Waals surface area contributed by atoms with E-state index >= 15 is 0 Å². The normalized spacial score (nSPS) is 17.4. The summed E-state index contributed by atoms with van der Waals surface area (Å²) in [5.74, 6) is 1.01. The highest BCUT2D eigenvalue weighted by molar-refractivity contribution is 6.30. The van der Waals surface area contributed by atoms with Crippen molar-refractivity contribution >= 4 is 17.4 Å². The lowest BCUT2D eigenvalue weighted by molar-refractivity contribution is -0.120. The Morgan fingerprint density at radius 1 is 1.32 bits per heavy atom. The van der Waals surface area contributed by atoms with Gasteiger partial charge in [-0.2, -0.15) is 0 Å². The van der Waals surface area contributed by atoms with Crippen LogP contribution in [-0.4, -0.2) is 31.6 Å². The van der Waals surface area contributed by atoms with Crippen LogP contribution in [0.15, 0.2) is 24.3 Å². The lowest BCUT2D eigenvalue weighted by atomic mass is 9.95. The Bertz CT molecular complexity index is 455. The molecule has 2 rings (SSSR count). The molecule has 1 saturated heterocycles. The Balaban J connectivity index is 1.83. The predicted molar refractivity (Wildman–Crippen MR) is 90.4 cm³/mol. The van der Waals surface area contributed by atoms with E-state index in [1.54, 1.807) is 0 Å². The van der Waals surface area contributed by atoms with Crippen molar-refractivity contribution in [2.45, 2.75) is 45.1 Å². The second-order valence-corrected chi connectivity index (χ2v) is 6.44. The van der Waals surface area contributed by atoms with Gasteiger partial charge in [-0.1, -0.05) is 30.7 Å². The zero-order chi connectivity index (χ0) is 15.8. The quantitative estimate of drug-likeness (QED) is 0.794. The molecule has 3 nitrogen and oxygen atoms in total. The van der Waals surface area contributed by atoms with Crippen LogP contribution in [0.5, 0.6) is 0 Å². The summed E-state index contributed by atoms with van der Waals surface area (Å²) >= 11 is 5.91. The Kier molecular flexibility index (Phi) is 7.37. The molecule has 0 aliphatic carbocycles. The van der Waals surface area contributed by atoms with Gasteiger partial charge in [-0.15, -0.1) is 0 Å². The molecular weight excluding hydrogens is 298 g/mol. The number of carbonyl (C=O) groups is 1. The molecule has 1 atom stereocenters. The number of ether oxygens (including phenoxy) is 1. The first-order chi connectivity index (χ1) is 10.7. The second-order valence-electron chi connectivity index (χ2n) is 6.00. The molecule has 0 unspecified atom stereocenters. The van der Waals surface area contributed by atoms with Crippen LogP contribution in [-0.2, 0) is 16.0 Å². The van der Waals surface area contributed by atoms with Gasteiger partial charge in [0.2, 0.25) is 0 Å². The Hall–Kier alpha value is -0.900. The third-order valence-electron chi connectivity index (χ3n) is 4.37. The van der Waals surface area contributed by atoms with Gasteiger partial charge in [0, 0.05) is 24.7 Å². The number of ketones is 1. The molecule has 0 amide bonds. The third kappa shape index (κ3) is 5.71. The monoisotopic (exact) mass is 323 g/mol. The van der Waals surface area contributed by atoms with Crippen LogP contribution in [0.3, 0.4) is 0 Å². The van der Waals surface area contributed by atoms with Crippen LogP contribution in [0.25, 0.3) is 0 Å². The van der Waals surface area contributed by atoms with Gasteiger partial charge >= 0.3 is 0 Å². The van der Waals surface area contributed by atoms with Crippen LogP contribution in [0, 0.1) is 5.92 Å². The molecule has 22 heavy (non-hydrogen) atoms. The molecule has 0 spiro atoms. The lowest BCUT2D eigenvalue weighted by Crippen LogP contribution is -2.39. The number of hydrogen-bond acceptors (Lipinski definition) is 3. The van der Waals surface area contributed by atoms with Crippen LogP contribution in [0.2, 0.25) is 5.02 Å². The number of nitrogens with one attached hydrogen (secondary N) is 1. The Morgan fingerprint density at radius 3 is 2.64 bits per heavy atom. The summed E-state index contributed by atoms with van der Waals surface area (Å²) in [4.78, 5) is 12.2. The Labute approximate surface area is 138 Å². The fourth-order valence-electron chi connectivity index (χ4n) is 2.90. The zero-order valence-corrected chi connectivity index (χ0v) is 14.1. The van der Waals surface area contributed by atoms with Crippen LogP contribution >= 0.6 is 11.6 Å². The lowest BCUT2D eigenvalue weighted by Gasteiger charge is -2.23. The van der Waals surface area contributed by atoms with Crippen LogP contribution < -0.4 is 5.32 Å². The van der Waals surface area contributed by atoms with Gasteiger partial charge in [-0.05, 0) is 55.8 Å². The first-order valence-electron chi connectivity index (χ1n) is 8.27. The molecule has 0 saturated carbocycles. The first-order valence-corrected chi connectivity index (χ1v) is 8.65. The number of Topliss-reactive ketones (excluding diaryl/α,β-unsaturated/α-hetero) is 1. The number of carbonyl (C=O) groups excluding carboxylic acids is 1. The topological polar surface area (TPSA) is 38.3 Å². The highest BCUT2D eigenvalue weighted by Crippen LogP contribution is 2.18. The molecule has 1 heterocycles. The van der Waals surface area contributed by atoms with Crippen molar-refractivity contribution < 1.29 is 9.53 Å². The van der Waals surface area contributed by atoms with Gasteiger partial charge in [0.05, 0.1) is 6.04 Å². The minimum atomic E-state index is -0.0917. The molecule has 1 aliphatic rings. The van der Waals surface area contributed by atoms with Crippen molar-refractivity contribution in [3.63, 3.8) is 0 Å². The average molecular weight is 324 g/mol. The van der Waals surface area contributed by atoms with E-state index in [4.69, 9.17) is 16.3 Å². The molecular formula is C18H26ClNO2. The van der Waals surface area contributed by atoms with E-state index < -0.39 is 0 Å². The fourth-order valence-corrected chi connectivity index (χ4v) is 3.03. The molecule has 0 aromatic heterocycles. The van der Waals surface area contributed by atoms with E-state index in [1.807, 2.05) is 31.2 Å². The van der Waals surface area contributed by atoms with Crippen molar-refractivity contribution in [3.05, 3.63) is 34.9 Å². The highest BCUT2D eigenvalue weighted by Gasteiger charge is 2.18.